The molecule has 0 unspecified atom stereocenters. The van der Waals surface area contributed by atoms with Crippen LogP contribution in [0.25, 0.3) is 22.3 Å². The Labute approximate surface area is 174 Å². The Balaban J connectivity index is 1.44. The summed E-state index contributed by atoms with van der Waals surface area (Å²) >= 11 is 0. The zero-order valence-corrected chi connectivity index (χ0v) is 17.2. The van der Waals surface area contributed by atoms with E-state index in [1.807, 2.05) is 68.6 Å². The van der Waals surface area contributed by atoms with E-state index in [0.29, 0.717) is 30.0 Å². The number of hydrogen-bond acceptors (Lipinski definition) is 5. The Morgan fingerprint density at radius 2 is 1.90 bits per heavy atom. The number of hydrogen-bond donors (Lipinski definition) is 1. The summed E-state index contributed by atoms with van der Waals surface area (Å²) in [5.74, 6) is 2.09. The van der Waals surface area contributed by atoms with E-state index >= 15 is 0 Å². The Bertz CT molecular complexity index is 1200. The fraction of sp³-hybridized carbons (Fsp3) is 0.217. The predicted molar refractivity (Wildman–Crippen MR) is 116 cm³/mol. The normalized spacial score (nSPS) is 10.9. The van der Waals surface area contributed by atoms with Crippen LogP contribution in [0.4, 0.5) is 0 Å². The second-order valence-electron chi connectivity index (χ2n) is 7.03. The fourth-order valence-electron chi connectivity index (χ4n) is 3.33. The smallest absolute Gasteiger partial charge is 0.253 e. The second kappa shape index (κ2) is 8.32. The average molecular weight is 401 g/mol. The van der Waals surface area contributed by atoms with Gasteiger partial charge in [0.2, 0.25) is 0 Å². The summed E-state index contributed by atoms with van der Waals surface area (Å²) in [6.07, 6.45) is 0.583. The zero-order chi connectivity index (χ0) is 21.1. The Hall–Kier alpha value is -3.74. The monoisotopic (exact) mass is 401 g/mol. The van der Waals surface area contributed by atoms with Gasteiger partial charge in [0.05, 0.1) is 23.9 Å². The number of carbonyl (C=O) groups excluding carboxylic acids is 1. The Kier molecular flexibility index (Phi) is 5.43. The maximum Gasteiger partial charge on any atom is 0.253 e. The summed E-state index contributed by atoms with van der Waals surface area (Å²) in [6, 6.07) is 17.3. The molecule has 1 amide bonds. The number of methoxy groups -OCH3 is 1. The largest absolute Gasteiger partial charge is 0.497 e. The molecule has 0 saturated heterocycles. The molecule has 152 valence electrons. The average Bonchev–Trinajstić information content (AvgIpc) is 3.14. The molecule has 7 heteroatoms. The molecule has 0 saturated carbocycles. The number of fused-ring (bicyclic) bond motifs is 1. The molecular weight excluding hydrogens is 378 g/mol. The molecule has 0 aliphatic heterocycles. The first-order valence-corrected chi connectivity index (χ1v) is 9.74. The van der Waals surface area contributed by atoms with Crippen molar-refractivity contribution in [1.29, 1.82) is 0 Å². The molecule has 7 nitrogen and oxygen atoms in total. The van der Waals surface area contributed by atoms with Crippen molar-refractivity contribution in [3.8, 4) is 17.1 Å². The van der Waals surface area contributed by atoms with E-state index in [0.717, 1.165) is 28.0 Å². The lowest BCUT2D eigenvalue weighted by Gasteiger charge is -2.09. The van der Waals surface area contributed by atoms with Crippen LogP contribution in [0, 0.1) is 6.92 Å². The van der Waals surface area contributed by atoms with Crippen LogP contribution < -0.4 is 10.1 Å². The number of nitrogens with zero attached hydrogens (tertiary/aromatic N) is 4. The van der Waals surface area contributed by atoms with E-state index in [1.54, 1.807) is 11.8 Å². The van der Waals surface area contributed by atoms with Crippen molar-refractivity contribution < 1.29 is 9.53 Å². The zero-order valence-electron chi connectivity index (χ0n) is 17.2. The Morgan fingerprint density at radius 1 is 1.10 bits per heavy atom. The van der Waals surface area contributed by atoms with Crippen molar-refractivity contribution >= 4 is 16.8 Å². The molecule has 4 aromatic rings. The number of aromatic nitrogens is 4. The van der Waals surface area contributed by atoms with Gasteiger partial charge in [0.25, 0.3) is 5.91 Å². The third-order valence-electron chi connectivity index (χ3n) is 4.98. The number of ether oxygens (including phenoxy) is 1. The Morgan fingerprint density at radius 3 is 2.67 bits per heavy atom. The first-order valence-electron chi connectivity index (χ1n) is 9.74. The molecule has 0 spiro atoms. The van der Waals surface area contributed by atoms with Crippen LogP contribution in [0.1, 0.15) is 21.9 Å². The lowest BCUT2D eigenvalue weighted by Crippen LogP contribution is -2.27. The minimum atomic E-state index is -0.150. The number of nitrogens with one attached hydrogen (secondary N) is 1. The van der Waals surface area contributed by atoms with Crippen molar-refractivity contribution in [2.75, 3.05) is 13.7 Å². The SMILES string of the molecule is COc1ccc2cc(C(=O)NCCc3nc(-c4ccccc4)nn3C)c(C)nc2c1. The van der Waals surface area contributed by atoms with E-state index in [1.165, 1.54) is 0 Å². The van der Waals surface area contributed by atoms with Gasteiger partial charge in [0, 0.05) is 37.0 Å². The molecule has 0 bridgehead atoms. The molecule has 0 aliphatic rings. The van der Waals surface area contributed by atoms with E-state index in [9.17, 15) is 4.79 Å². The minimum absolute atomic E-state index is 0.150. The molecule has 2 heterocycles. The molecule has 4 rings (SSSR count). The number of aryl methyl sites for hydroxylation is 2. The summed E-state index contributed by atoms with van der Waals surface area (Å²) in [4.78, 5) is 21.9. The molecule has 2 aromatic carbocycles. The first-order chi connectivity index (χ1) is 14.5. The van der Waals surface area contributed by atoms with E-state index < -0.39 is 0 Å². The van der Waals surface area contributed by atoms with Crippen LogP contribution in [-0.2, 0) is 13.5 Å². The van der Waals surface area contributed by atoms with Crippen molar-refractivity contribution in [1.82, 2.24) is 25.1 Å². The van der Waals surface area contributed by atoms with Gasteiger partial charge < -0.3 is 10.1 Å². The molecule has 0 fully saturated rings. The lowest BCUT2D eigenvalue weighted by molar-refractivity contribution is 0.0953. The standard InChI is InChI=1S/C23H23N5O2/c1-15-19(13-17-9-10-18(30-3)14-20(17)25-15)23(29)24-12-11-21-26-22(27-28(21)2)16-7-5-4-6-8-16/h4-10,13-14H,11-12H2,1-3H3,(H,24,29). The van der Waals surface area contributed by atoms with Gasteiger partial charge in [-0.2, -0.15) is 5.10 Å². The van der Waals surface area contributed by atoms with Gasteiger partial charge in [-0.1, -0.05) is 30.3 Å². The van der Waals surface area contributed by atoms with Crippen LogP contribution in [-0.4, -0.2) is 39.3 Å². The van der Waals surface area contributed by atoms with Crippen LogP contribution in [0.5, 0.6) is 5.75 Å². The summed E-state index contributed by atoms with van der Waals surface area (Å²) in [5, 5.41) is 8.33. The van der Waals surface area contributed by atoms with Crippen LogP contribution >= 0.6 is 0 Å². The van der Waals surface area contributed by atoms with Gasteiger partial charge >= 0.3 is 0 Å². The number of pyridine rings is 1. The summed E-state index contributed by atoms with van der Waals surface area (Å²) in [6.45, 7) is 2.29. The second-order valence-corrected chi connectivity index (χ2v) is 7.03. The van der Waals surface area contributed by atoms with Gasteiger partial charge in [-0.05, 0) is 25.1 Å². The van der Waals surface area contributed by atoms with E-state index in [2.05, 4.69) is 20.4 Å². The lowest BCUT2D eigenvalue weighted by atomic mass is 10.1. The van der Waals surface area contributed by atoms with Crippen molar-refractivity contribution in [2.45, 2.75) is 13.3 Å². The van der Waals surface area contributed by atoms with Crippen LogP contribution in [0.3, 0.4) is 0 Å². The first kappa shape index (κ1) is 19.6. The predicted octanol–water partition coefficient (Wildman–Crippen LogP) is 3.32. The van der Waals surface area contributed by atoms with Crippen molar-refractivity contribution in [3.63, 3.8) is 0 Å². The minimum Gasteiger partial charge on any atom is -0.497 e. The molecule has 0 aliphatic carbocycles. The highest BCUT2D eigenvalue weighted by Gasteiger charge is 2.13. The summed E-state index contributed by atoms with van der Waals surface area (Å²) in [7, 11) is 3.48. The fourth-order valence-corrected chi connectivity index (χ4v) is 3.33. The third kappa shape index (κ3) is 4.00. The quantitative estimate of drug-likeness (QED) is 0.536. The molecule has 0 radical (unpaired) electrons. The van der Waals surface area contributed by atoms with Crippen molar-refractivity contribution in [3.05, 3.63) is 71.7 Å². The van der Waals surface area contributed by atoms with E-state index in [4.69, 9.17) is 4.74 Å². The molecular formula is C23H23N5O2. The van der Waals surface area contributed by atoms with Crippen LogP contribution in [0.2, 0.25) is 0 Å². The molecule has 1 N–H and O–H groups in total. The van der Waals surface area contributed by atoms with Gasteiger partial charge in [-0.15, -0.1) is 0 Å². The summed E-state index contributed by atoms with van der Waals surface area (Å²) < 4.78 is 7.00. The van der Waals surface area contributed by atoms with Gasteiger partial charge in [-0.3, -0.25) is 14.5 Å². The topological polar surface area (TPSA) is 81.9 Å². The van der Waals surface area contributed by atoms with Gasteiger partial charge in [0.15, 0.2) is 5.82 Å². The van der Waals surface area contributed by atoms with E-state index in [-0.39, 0.29) is 5.91 Å². The number of amides is 1. The number of carbonyl (C=O) groups is 1. The van der Waals surface area contributed by atoms with Gasteiger partial charge in [0.1, 0.15) is 11.6 Å². The molecule has 0 atom stereocenters. The van der Waals surface area contributed by atoms with Crippen molar-refractivity contribution in [2.24, 2.45) is 7.05 Å². The third-order valence-corrected chi connectivity index (χ3v) is 4.98. The molecule has 2 aromatic heterocycles. The maximum atomic E-state index is 12.7. The summed E-state index contributed by atoms with van der Waals surface area (Å²) in [5.41, 5.74) is 3.02. The van der Waals surface area contributed by atoms with Gasteiger partial charge in [-0.25, -0.2) is 4.98 Å². The number of benzene rings is 2. The number of rotatable bonds is 6. The van der Waals surface area contributed by atoms with Crippen LogP contribution in [0.15, 0.2) is 54.6 Å². The molecule has 30 heavy (non-hydrogen) atoms. The maximum absolute atomic E-state index is 12.7. The highest BCUT2D eigenvalue weighted by atomic mass is 16.5. The highest BCUT2D eigenvalue weighted by molar-refractivity contribution is 5.98. The highest BCUT2D eigenvalue weighted by Crippen LogP contribution is 2.21.